The largest absolute Gasteiger partial charge is 0.444 e. The first kappa shape index (κ1) is 18.1. The summed E-state index contributed by atoms with van der Waals surface area (Å²) in [5, 5.41) is 0.670. The zero-order chi connectivity index (χ0) is 18.2. The van der Waals surface area contributed by atoms with Crippen LogP contribution < -0.4 is 4.90 Å². The van der Waals surface area contributed by atoms with E-state index < -0.39 is 5.60 Å². The molecule has 0 aliphatic carbocycles. The van der Waals surface area contributed by atoms with Gasteiger partial charge in [-0.25, -0.2) is 4.79 Å². The van der Waals surface area contributed by atoms with E-state index in [0.717, 1.165) is 29.7 Å². The number of carbonyl (C=O) groups excluding carboxylic acids is 1. The standard InChI is InChI=1S/C17H23ClN4O2S/c1-17(2,3)24-16(23)22-6-4-5-21(7-8-22)14-10-13-12(9-11(14)18)19-15(25)20-13/h9-10H,4-8H2,1-3H3,(H2,19,20,25). The number of fused-ring (bicyclic) bond motifs is 1. The minimum Gasteiger partial charge on any atom is -0.444 e. The third kappa shape index (κ3) is 4.27. The van der Waals surface area contributed by atoms with E-state index in [0.29, 0.717) is 29.4 Å². The fourth-order valence-electron chi connectivity index (χ4n) is 2.95. The van der Waals surface area contributed by atoms with E-state index in [1.54, 1.807) is 4.90 Å². The van der Waals surface area contributed by atoms with E-state index in [-0.39, 0.29) is 6.09 Å². The Morgan fingerprint density at radius 2 is 1.84 bits per heavy atom. The Balaban J connectivity index is 1.76. The molecule has 1 amide bonds. The van der Waals surface area contributed by atoms with Crippen LogP contribution in [0.5, 0.6) is 0 Å². The third-order valence-corrected chi connectivity index (χ3v) is 4.58. The fourth-order valence-corrected chi connectivity index (χ4v) is 3.46. The topological polar surface area (TPSA) is 64.4 Å². The summed E-state index contributed by atoms with van der Waals surface area (Å²) >= 11 is 11.6. The molecular weight excluding hydrogens is 360 g/mol. The van der Waals surface area contributed by atoms with Gasteiger partial charge in [-0.15, -0.1) is 0 Å². The molecule has 2 N–H and O–H groups in total. The molecule has 0 saturated carbocycles. The molecule has 1 fully saturated rings. The van der Waals surface area contributed by atoms with Crippen molar-refractivity contribution in [2.75, 3.05) is 31.1 Å². The quantitative estimate of drug-likeness (QED) is 0.720. The molecule has 2 aromatic rings. The minimum absolute atomic E-state index is 0.259. The molecule has 25 heavy (non-hydrogen) atoms. The second kappa shape index (κ2) is 6.88. The summed E-state index contributed by atoms with van der Waals surface area (Å²) in [6, 6.07) is 3.89. The van der Waals surface area contributed by atoms with Gasteiger partial charge in [0.15, 0.2) is 4.77 Å². The summed E-state index contributed by atoms with van der Waals surface area (Å²) in [4.78, 5) is 22.5. The van der Waals surface area contributed by atoms with Crippen molar-refractivity contribution >= 4 is 46.6 Å². The summed E-state index contributed by atoms with van der Waals surface area (Å²) in [7, 11) is 0. The van der Waals surface area contributed by atoms with Crippen LogP contribution in [-0.4, -0.2) is 52.7 Å². The highest BCUT2D eigenvalue weighted by Crippen LogP contribution is 2.30. The van der Waals surface area contributed by atoms with Gasteiger partial charge in [0, 0.05) is 26.2 Å². The number of H-pyrrole nitrogens is 2. The van der Waals surface area contributed by atoms with Gasteiger partial charge in [-0.2, -0.15) is 0 Å². The van der Waals surface area contributed by atoms with Gasteiger partial charge in [0.25, 0.3) is 0 Å². The fraction of sp³-hybridized carbons (Fsp3) is 0.529. The van der Waals surface area contributed by atoms with E-state index in [1.165, 1.54) is 0 Å². The number of hydrogen-bond acceptors (Lipinski definition) is 4. The summed E-state index contributed by atoms with van der Waals surface area (Å²) in [5.41, 5.74) is 2.29. The molecule has 8 heteroatoms. The Labute approximate surface area is 157 Å². The molecule has 1 aliphatic rings. The zero-order valence-corrected chi connectivity index (χ0v) is 16.3. The van der Waals surface area contributed by atoms with Crippen molar-refractivity contribution in [2.45, 2.75) is 32.8 Å². The lowest BCUT2D eigenvalue weighted by atomic mass is 10.2. The molecule has 0 radical (unpaired) electrons. The van der Waals surface area contributed by atoms with Gasteiger partial charge in [-0.05, 0) is 51.5 Å². The van der Waals surface area contributed by atoms with Crippen molar-refractivity contribution in [1.29, 1.82) is 0 Å². The second-order valence-electron chi connectivity index (χ2n) is 7.24. The normalized spacial score (nSPS) is 16.2. The number of ether oxygens (including phenoxy) is 1. The van der Waals surface area contributed by atoms with Crippen molar-refractivity contribution in [2.24, 2.45) is 0 Å². The maximum Gasteiger partial charge on any atom is 0.410 e. The molecule has 1 aliphatic heterocycles. The number of aromatic nitrogens is 2. The number of anilines is 1. The molecule has 1 saturated heterocycles. The van der Waals surface area contributed by atoms with Gasteiger partial charge in [0.1, 0.15) is 5.60 Å². The van der Waals surface area contributed by atoms with Crippen LogP contribution in [0.2, 0.25) is 5.02 Å². The number of imidazole rings is 1. The van der Waals surface area contributed by atoms with Crippen LogP contribution >= 0.6 is 23.8 Å². The molecular formula is C17H23ClN4O2S. The number of benzene rings is 1. The maximum atomic E-state index is 12.3. The highest BCUT2D eigenvalue weighted by atomic mass is 35.5. The van der Waals surface area contributed by atoms with Gasteiger partial charge in [-0.1, -0.05) is 11.6 Å². The number of nitrogens with zero attached hydrogens (tertiary/aromatic N) is 2. The zero-order valence-electron chi connectivity index (χ0n) is 14.7. The molecule has 1 aromatic heterocycles. The summed E-state index contributed by atoms with van der Waals surface area (Å²) in [6.07, 6.45) is 0.599. The highest BCUT2D eigenvalue weighted by molar-refractivity contribution is 7.71. The first-order valence-corrected chi connectivity index (χ1v) is 9.16. The average Bonchev–Trinajstić information content (AvgIpc) is 2.70. The summed E-state index contributed by atoms with van der Waals surface area (Å²) < 4.78 is 6.06. The lowest BCUT2D eigenvalue weighted by Crippen LogP contribution is -2.39. The minimum atomic E-state index is -0.483. The smallest absolute Gasteiger partial charge is 0.410 e. The molecule has 136 valence electrons. The number of aromatic amines is 2. The van der Waals surface area contributed by atoms with Gasteiger partial charge >= 0.3 is 6.09 Å². The van der Waals surface area contributed by atoms with Gasteiger partial charge < -0.3 is 24.5 Å². The van der Waals surface area contributed by atoms with Crippen LogP contribution in [0, 0.1) is 4.77 Å². The first-order chi connectivity index (χ1) is 11.7. The molecule has 6 nitrogen and oxygen atoms in total. The van der Waals surface area contributed by atoms with Crippen molar-refractivity contribution in [1.82, 2.24) is 14.9 Å². The van der Waals surface area contributed by atoms with E-state index in [4.69, 9.17) is 28.6 Å². The second-order valence-corrected chi connectivity index (χ2v) is 8.05. The first-order valence-electron chi connectivity index (χ1n) is 8.37. The molecule has 0 bridgehead atoms. The predicted molar refractivity (Wildman–Crippen MR) is 103 cm³/mol. The Kier molecular flexibility index (Phi) is 4.97. The van der Waals surface area contributed by atoms with Crippen LogP contribution in [-0.2, 0) is 4.74 Å². The molecule has 0 spiro atoms. The van der Waals surface area contributed by atoms with Crippen LogP contribution in [0.3, 0.4) is 0 Å². The molecule has 1 aromatic carbocycles. The van der Waals surface area contributed by atoms with E-state index in [1.807, 2.05) is 32.9 Å². The average molecular weight is 383 g/mol. The Morgan fingerprint density at radius 1 is 1.16 bits per heavy atom. The number of rotatable bonds is 1. The predicted octanol–water partition coefficient (Wildman–Crippen LogP) is 4.33. The van der Waals surface area contributed by atoms with Crippen LogP contribution in [0.15, 0.2) is 12.1 Å². The van der Waals surface area contributed by atoms with Crippen molar-refractivity contribution in [3.63, 3.8) is 0 Å². The lowest BCUT2D eigenvalue weighted by molar-refractivity contribution is 0.0263. The number of nitrogens with one attached hydrogen (secondary N) is 2. The number of amides is 1. The van der Waals surface area contributed by atoms with Crippen LogP contribution in [0.1, 0.15) is 27.2 Å². The number of hydrogen-bond donors (Lipinski definition) is 2. The van der Waals surface area contributed by atoms with Gasteiger partial charge in [0.2, 0.25) is 0 Å². The van der Waals surface area contributed by atoms with E-state index in [2.05, 4.69) is 14.9 Å². The lowest BCUT2D eigenvalue weighted by Gasteiger charge is -2.27. The maximum absolute atomic E-state index is 12.3. The Hall–Kier alpha value is -1.73. The summed E-state index contributed by atoms with van der Waals surface area (Å²) in [5.74, 6) is 0. The van der Waals surface area contributed by atoms with Gasteiger partial charge in [-0.3, -0.25) is 0 Å². The molecule has 0 unspecified atom stereocenters. The SMILES string of the molecule is CC(C)(C)OC(=O)N1CCCN(c2cc3[nH]c(=S)[nH]c3cc2Cl)CC1. The van der Waals surface area contributed by atoms with Crippen LogP contribution in [0.25, 0.3) is 11.0 Å². The van der Waals surface area contributed by atoms with Gasteiger partial charge in [0.05, 0.1) is 21.7 Å². The van der Waals surface area contributed by atoms with Crippen LogP contribution in [0.4, 0.5) is 10.5 Å². The van der Waals surface area contributed by atoms with Crippen molar-refractivity contribution < 1.29 is 9.53 Å². The van der Waals surface area contributed by atoms with Crippen molar-refractivity contribution in [3.8, 4) is 0 Å². The Bertz CT molecular complexity index is 839. The number of halogens is 1. The molecule has 2 heterocycles. The third-order valence-electron chi connectivity index (χ3n) is 4.07. The number of carbonyl (C=O) groups is 1. The van der Waals surface area contributed by atoms with E-state index >= 15 is 0 Å². The monoisotopic (exact) mass is 382 g/mol. The Morgan fingerprint density at radius 3 is 2.52 bits per heavy atom. The highest BCUT2D eigenvalue weighted by Gasteiger charge is 2.25. The summed E-state index contributed by atoms with van der Waals surface area (Å²) in [6.45, 7) is 8.45. The molecule has 3 rings (SSSR count). The van der Waals surface area contributed by atoms with E-state index in [9.17, 15) is 4.79 Å². The molecule has 0 atom stereocenters. The van der Waals surface area contributed by atoms with Crippen molar-refractivity contribution in [3.05, 3.63) is 21.9 Å².